The Kier molecular flexibility index (Phi) is 5.60. The lowest BCUT2D eigenvalue weighted by Crippen LogP contribution is -2.30. The van der Waals surface area contributed by atoms with Crippen molar-refractivity contribution in [3.63, 3.8) is 0 Å². The average Bonchev–Trinajstić information content (AvgIpc) is 2.60. The van der Waals surface area contributed by atoms with Crippen LogP contribution in [-0.4, -0.2) is 25.1 Å². The molecule has 1 unspecified atom stereocenters. The number of aryl methyl sites for hydroxylation is 1. The van der Waals surface area contributed by atoms with Gasteiger partial charge in [0.1, 0.15) is 0 Å². The third-order valence-electron chi connectivity index (χ3n) is 3.50. The van der Waals surface area contributed by atoms with Gasteiger partial charge in [0.15, 0.2) is 0 Å². The lowest BCUT2D eigenvalue weighted by molar-refractivity contribution is 0.0337. The van der Waals surface area contributed by atoms with E-state index in [1.165, 1.54) is 24.6 Å². The van der Waals surface area contributed by atoms with Gasteiger partial charge in [0.2, 0.25) is 0 Å². The summed E-state index contributed by atoms with van der Waals surface area (Å²) in [5, 5.41) is 12.7. The summed E-state index contributed by atoms with van der Waals surface area (Å²) < 4.78 is 2.28. The lowest BCUT2D eigenvalue weighted by Gasteiger charge is -2.23. The molecule has 1 aromatic heterocycles. The van der Waals surface area contributed by atoms with Gasteiger partial charge in [-0.05, 0) is 19.8 Å². The van der Waals surface area contributed by atoms with Gasteiger partial charge in [0.25, 0.3) is 0 Å². The van der Waals surface area contributed by atoms with Gasteiger partial charge in [-0.3, -0.25) is 0 Å². The first-order chi connectivity index (χ1) is 8.87. The number of nitrogens with one attached hydrogen (secondary N) is 1. The summed E-state index contributed by atoms with van der Waals surface area (Å²) in [6, 6.07) is 0. The quantitative estimate of drug-likeness (QED) is 0.692. The van der Waals surface area contributed by atoms with Gasteiger partial charge in [-0.25, -0.2) is 23.9 Å². The van der Waals surface area contributed by atoms with Crippen molar-refractivity contribution < 1.29 is 5.11 Å². The Morgan fingerprint density at radius 3 is 2.42 bits per heavy atom. The largest absolute Gasteiger partial charge is 0.390 e. The molecule has 0 radical (unpaired) electrons. The van der Waals surface area contributed by atoms with Gasteiger partial charge in [-0.1, -0.05) is 32.6 Å². The first-order valence-electron chi connectivity index (χ1n) is 6.95. The Morgan fingerprint density at radius 2 is 1.89 bits per heavy atom. The van der Waals surface area contributed by atoms with Crippen LogP contribution in [0.3, 0.4) is 0 Å². The number of hydrogen-bond acceptors (Lipinski definition) is 3. The van der Waals surface area contributed by atoms with Crippen molar-refractivity contribution in [3.8, 4) is 0 Å². The molecule has 0 aromatic carbocycles. The fraction of sp³-hybridized carbons (Fsp3) is 0.846. The predicted octanol–water partition coefficient (Wildman–Crippen LogP) is 0.987. The van der Waals surface area contributed by atoms with Crippen molar-refractivity contribution in [3.05, 3.63) is 21.0 Å². The lowest BCUT2D eigenvalue weighted by atomic mass is 9.94. The van der Waals surface area contributed by atoms with Crippen molar-refractivity contribution in [1.29, 1.82) is 0 Å². The summed E-state index contributed by atoms with van der Waals surface area (Å²) in [7, 11) is 1.43. The Hall–Kier alpha value is -1.30. The number of nitrogens with zero attached hydrogens (tertiary/aromatic N) is 2. The van der Waals surface area contributed by atoms with Crippen LogP contribution in [-0.2, 0) is 13.6 Å². The van der Waals surface area contributed by atoms with Crippen LogP contribution >= 0.6 is 0 Å². The highest BCUT2D eigenvalue weighted by Crippen LogP contribution is 2.19. The molecule has 110 valence electrons. The van der Waals surface area contributed by atoms with E-state index in [0.717, 1.165) is 23.8 Å². The highest BCUT2D eigenvalue weighted by molar-refractivity contribution is 4.74. The SMILES string of the molecule is CCCCCCC(C)(O)CCn1[nH]c(=O)n(C)c1=O. The van der Waals surface area contributed by atoms with Crippen LogP contribution in [0.25, 0.3) is 0 Å². The third kappa shape index (κ3) is 4.70. The Morgan fingerprint density at radius 1 is 1.21 bits per heavy atom. The minimum Gasteiger partial charge on any atom is -0.390 e. The molecule has 0 aliphatic carbocycles. The number of H-pyrrole nitrogens is 1. The number of unbranched alkanes of at least 4 members (excludes halogenated alkanes) is 3. The fourth-order valence-electron chi connectivity index (χ4n) is 2.07. The first-order valence-corrected chi connectivity index (χ1v) is 6.95. The van der Waals surface area contributed by atoms with E-state index in [9.17, 15) is 14.7 Å². The minimum absolute atomic E-state index is 0.329. The van der Waals surface area contributed by atoms with Gasteiger partial charge >= 0.3 is 11.4 Å². The molecular weight excluding hydrogens is 246 g/mol. The van der Waals surface area contributed by atoms with Crippen molar-refractivity contribution in [2.24, 2.45) is 7.05 Å². The summed E-state index contributed by atoms with van der Waals surface area (Å²) in [6.07, 6.45) is 5.64. The zero-order chi connectivity index (χ0) is 14.5. The molecule has 0 aliphatic heterocycles. The second kappa shape index (κ2) is 6.75. The maximum atomic E-state index is 11.6. The maximum Gasteiger partial charge on any atom is 0.346 e. The van der Waals surface area contributed by atoms with Crippen LogP contribution in [0.15, 0.2) is 9.59 Å². The molecule has 0 fully saturated rings. The molecule has 6 heteroatoms. The standard InChI is InChI=1S/C13H25N3O3/c1-4-5-6-7-8-13(2,19)9-10-16-12(18)15(3)11(17)14-16/h19H,4-10H2,1-3H3,(H,14,17). The average molecular weight is 271 g/mol. The second-order valence-corrected chi connectivity index (χ2v) is 5.47. The summed E-state index contributed by atoms with van der Waals surface area (Å²) in [5.74, 6) is 0. The first kappa shape index (κ1) is 15.8. The number of aliphatic hydroxyl groups is 1. The number of aromatic amines is 1. The van der Waals surface area contributed by atoms with Crippen LogP contribution < -0.4 is 11.4 Å². The molecule has 6 nitrogen and oxygen atoms in total. The summed E-state index contributed by atoms with van der Waals surface area (Å²) >= 11 is 0. The van der Waals surface area contributed by atoms with Crippen molar-refractivity contribution in [2.45, 2.75) is 64.5 Å². The van der Waals surface area contributed by atoms with Crippen LogP contribution in [0.1, 0.15) is 52.4 Å². The molecule has 19 heavy (non-hydrogen) atoms. The minimum atomic E-state index is -0.792. The molecule has 0 amide bonds. The van der Waals surface area contributed by atoms with E-state index in [4.69, 9.17) is 0 Å². The predicted molar refractivity (Wildman–Crippen MR) is 74.3 cm³/mol. The highest BCUT2D eigenvalue weighted by atomic mass is 16.3. The van der Waals surface area contributed by atoms with Crippen LogP contribution in [0.5, 0.6) is 0 Å². The van der Waals surface area contributed by atoms with Crippen LogP contribution in [0, 0.1) is 0 Å². The van der Waals surface area contributed by atoms with E-state index in [0.29, 0.717) is 13.0 Å². The van der Waals surface area contributed by atoms with E-state index in [1.54, 1.807) is 6.92 Å². The summed E-state index contributed by atoms with van der Waals surface area (Å²) in [4.78, 5) is 22.9. The Bertz CT molecular complexity index is 496. The molecule has 0 saturated carbocycles. The highest BCUT2D eigenvalue weighted by Gasteiger charge is 2.20. The maximum absolute atomic E-state index is 11.6. The van der Waals surface area contributed by atoms with Crippen molar-refractivity contribution in [1.82, 2.24) is 14.3 Å². The van der Waals surface area contributed by atoms with Gasteiger partial charge in [0, 0.05) is 13.6 Å². The van der Waals surface area contributed by atoms with Crippen LogP contribution in [0.2, 0.25) is 0 Å². The van der Waals surface area contributed by atoms with Gasteiger partial charge in [0.05, 0.1) is 5.60 Å². The van der Waals surface area contributed by atoms with E-state index >= 15 is 0 Å². The van der Waals surface area contributed by atoms with Crippen molar-refractivity contribution in [2.75, 3.05) is 0 Å². The molecule has 0 saturated heterocycles. The van der Waals surface area contributed by atoms with Gasteiger partial charge in [-0.2, -0.15) is 0 Å². The van der Waals surface area contributed by atoms with Crippen LogP contribution in [0.4, 0.5) is 0 Å². The molecule has 1 aromatic rings. The molecule has 1 atom stereocenters. The second-order valence-electron chi connectivity index (χ2n) is 5.47. The molecule has 1 rings (SSSR count). The summed E-state index contributed by atoms with van der Waals surface area (Å²) in [6.45, 7) is 4.26. The van der Waals surface area contributed by atoms with E-state index < -0.39 is 11.3 Å². The number of rotatable bonds is 8. The smallest absolute Gasteiger partial charge is 0.346 e. The van der Waals surface area contributed by atoms with Crippen molar-refractivity contribution >= 4 is 0 Å². The van der Waals surface area contributed by atoms with Gasteiger partial charge in [-0.15, -0.1) is 0 Å². The van der Waals surface area contributed by atoms with E-state index in [2.05, 4.69) is 12.0 Å². The number of aromatic nitrogens is 3. The molecule has 0 aliphatic rings. The zero-order valence-corrected chi connectivity index (χ0v) is 12.1. The zero-order valence-electron chi connectivity index (χ0n) is 12.1. The number of hydrogen-bond donors (Lipinski definition) is 2. The molecular formula is C13H25N3O3. The molecule has 2 N–H and O–H groups in total. The van der Waals surface area contributed by atoms with E-state index in [1.807, 2.05) is 0 Å². The Labute approximate surface area is 113 Å². The Balaban J connectivity index is 2.48. The topological polar surface area (TPSA) is 80.0 Å². The molecule has 1 heterocycles. The monoisotopic (exact) mass is 271 g/mol. The fourth-order valence-corrected chi connectivity index (χ4v) is 2.07. The normalized spacial score (nSPS) is 14.5. The third-order valence-corrected chi connectivity index (χ3v) is 3.50. The summed E-state index contributed by atoms with van der Waals surface area (Å²) in [5.41, 5.74) is -1.58. The molecule has 0 spiro atoms. The molecule has 0 bridgehead atoms. The van der Waals surface area contributed by atoms with Gasteiger partial charge < -0.3 is 5.11 Å². The van der Waals surface area contributed by atoms with E-state index in [-0.39, 0.29) is 5.69 Å².